The molecule has 146 valence electrons. The van der Waals surface area contributed by atoms with Crippen molar-refractivity contribution in [1.29, 1.82) is 0 Å². The van der Waals surface area contributed by atoms with Crippen LogP contribution < -0.4 is 5.32 Å². The zero-order valence-corrected chi connectivity index (χ0v) is 17.0. The zero-order valence-electron chi connectivity index (χ0n) is 16.2. The lowest BCUT2D eigenvalue weighted by molar-refractivity contribution is -0.120. The van der Waals surface area contributed by atoms with Gasteiger partial charge in [0.25, 0.3) is 0 Å². The topological polar surface area (TPSA) is 63.1 Å². The van der Waals surface area contributed by atoms with Crippen molar-refractivity contribution < 1.29 is 4.79 Å². The maximum atomic E-state index is 12.9. The molecule has 1 aliphatic rings. The van der Waals surface area contributed by atoms with Gasteiger partial charge in [0, 0.05) is 41.0 Å². The second-order valence-corrected chi connectivity index (χ2v) is 8.21. The number of amides is 1. The van der Waals surface area contributed by atoms with Crippen LogP contribution in [-0.4, -0.2) is 38.2 Å². The van der Waals surface area contributed by atoms with Crippen LogP contribution in [0.1, 0.15) is 38.3 Å². The smallest absolute Gasteiger partial charge is 0.241 e. The van der Waals surface area contributed by atoms with Crippen LogP contribution in [0.25, 0.3) is 11.3 Å². The molecule has 3 heterocycles. The van der Waals surface area contributed by atoms with E-state index in [-0.39, 0.29) is 11.9 Å². The number of rotatable bonds is 6. The van der Waals surface area contributed by atoms with Gasteiger partial charge in [-0.05, 0) is 45.4 Å². The predicted octanol–water partition coefficient (Wildman–Crippen LogP) is 4.19. The minimum absolute atomic E-state index is 0.0650. The van der Waals surface area contributed by atoms with Gasteiger partial charge in [-0.25, -0.2) is 4.98 Å². The molecule has 1 unspecified atom stereocenters. The van der Waals surface area contributed by atoms with Crippen LogP contribution in [0.3, 0.4) is 0 Å². The molecule has 1 amide bonds. The number of likely N-dealkylation sites (tertiary alicyclic amines) is 1. The van der Waals surface area contributed by atoms with Gasteiger partial charge in [0.1, 0.15) is 0 Å². The Morgan fingerprint density at radius 2 is 2.14 bits per heavy atom. The number of aromatic nitrogens is 3. The number of anilines is 1. The summed E-state index contributed by atoms with van der Waals surface area (Å²) in [7, 11) is 0. The molecule has 1 aromatic carbocycles. The quantitative estimate of drug-likeness (QED) is 0.680. The number of benzene rings is 1. The van der Waals surface area contributed by atoms with Crippen molar-refractivity contribution in [3.05, 3.63) is 53.1 Å². The molecule has 0 spiro atoms. The fraction of sp³-hybridized carbons (Fsp3) is 0.381. The summed E-state index contributed by atoms with van der Waals surface area (Å²) >= 11 is 1.58. The van der Waals surface area contributed by atoms with Crippen molar-refractivity contribution in [1.82, 2.24) is 19.7 Å². The normalized spacial score (nSPS) is 17.3. The van der Waals surface area contributed by atoms with Crippen LogP contribution in [-0.2, 0) is 11.3 Å². The first kappa shape index (κ1) is 18.8. The summed E-state index contributed by atoms with van der Waals surface area (Å²) in [4.78, 5) is 19.4. The first-order valence-corrected chi connectivity index (χ1v) is 10.6. The van der Waals surface area contributed by atoms with Crippen LogP contribution in [0.2, 0.25) is 0 Å². The molecule has 28 heavy (non-hydrogen) atoms. The number of hydrogen-bond acceptors (Lipinski definition) is 5. The zero-order chi connectivity index (χ0) is 19.5. The Morgan fingerprint density at radius 3 is 2.82 bits per heavy atom. The summed E-state index contributed by atoms with van der Waals surface area (Å²) in [6, 6.07) is 8.13. The minimum Gasteiger partial charge on any atom is -0.325 e. The van der Waals surface area contributed by atoms with Gasteiger partial charge >= 0.3 is 0 Å². The number of carbonyl (C=O) groups is 1. The van der Waals surface area contributed by atoms with E-state index in [4.69, 9.17) is 0 Å². The molecule has 1 fully saturated rings. The maximum absolute atomic E-state index is 12.9. The molecular formula is C21H25N5OS. The lowest BCUT2D eigenvalue weighted by Crippen LogP contribution is -2.39. The molecule has 1 atom stereocenters. The van der Waals surface area contributed by atoms with Crippen molar-refractivity contribution in [3.63, 3.8) is 0 Å². The molecule has 4 rings (SSSR count). The van der Waals surface area contributed by atoms with Crippen LogP contribution in [0.4, 0.5) is 5.69 Å². The highest BCUT2D eigenvalue weighted by molar-refractivity contribution is 7.07. The van der Waals surface area contributed by atoms with Gasteiger partial charge in [-0.1, -0.05) is 12.1 Å². The van der Waals surface area contributed by atoms with E-state index in [1.165, 1.54) is 0 Å². The van der Waals surface area contributed by atoms with Crippen LogP contribution in [0.15, 0.2) is 47.5 Å². The summed E-state index contributed by atoms with van der Waals surface area (Å²) in [5.41, 5.74) is 5.82. The lowest BCUT2D eigenvalue weighted by atomic mass is 10.1. The van der Waals surface area contributed by atoms with E-state index in [2.05, 4.69) is 40.3 Å². The summed E-state index contributed by atoms with van der Waals surface area (Å²) in [6.07, 6.45) is 5.92. The molecule has 1 saturated heterocycles. The number of hydrogen-bond donors (Lipinski definition) is 1. The van der Waals surface area contributed by atoms with Gasteiger partial charge in [-0.3, -0.25) is 14.4 Å². The molecule has 0 aliphatic carbocycles. The van der Waals surface area contributed by atoms with E-state index in [1.807, 2.05) is 46.0 Å². The molecule has 6 nitrogen and oxygen atoms in total. The molecule has 0 saturated carbocycles. The highest BCUT2D eigenvalue weighted by atomic mass is 32.1. The van der Waals surface area contributed by atoms with Gasteiger partial charge in [0.2, 0.25) is 5.91 Å². The van der Waals surface area contributed by atoms with E-state index >= 15 is 0 Å². The number of carbonyl (C=O) groups excluding carboxylic acids is 1. The monoisotopic (exact) mass is 395 g/mol. The lowest BCUT2D eigenvalue weighted by Gasteiger charge is -2.23. The fourth-order valence-corrected chi connectivity index (χ4v) is 4.15. The van der Waals surface area contributed by atoms with Crippen LogP contribution in [0.5, 0.6) is 0 Å². The molecular weight excluding hydrogens is 370 g/mol. The van der Waals surface area contributed by atoms with E-state index in [1.54, 1.807) is 11.3 Å². The second kappa shape index (κ2) is 8.24. The third-order valence-electron chi connectivity index (χ3n) is 5.12. The first-order chi connectivity index (χ1) is 13.6. The number of thiazole rings is 1. The molecule has 1 N–H and O–H groups in total. The molecule has 0 bridgehead atoms. The van der Waals surface area contributed by atoms with E-state index in [0.29, 0.717) is 6.04 Å². The Labute approximate surface area is 169 Å². The van der Waals surface area contributed by atoms with Gasteiger partial charge < -0.3 is 5.32 Å². The van der Waals surface area contributed by atoms with Gasteiger partial charge in [-0.2, -0.15) is 5.10 Å². The van der Waals surface area contributed by atoms with Crippen molar-refractivity contribution in [2.75, 3.05) is 11.9 Å². The fourth-order valence-electron chi connectivity index (χ4n) is 3.59. The summed E-state index contributed by atoms with van der Waals surface area (Å²) in [5.74, 6) is 0.0650. The van der Waals surface area contributed by atoms with Gasteiger partial charge in [-0.15, -0.1) is 11.3 Å². The molecule has 2 aromatic heterocycles. The maximum Gasteiger partial charge on any atom is 0.241 e. The predicted molar refractivity (Wildman–Crippen MR) is 112 cm³/mol. The second-order valence-electron chi connectivity index (χ2n) is 7.49. The Hall–Kier alpha value is -2.51. The molecule has 1 aliphatic heterocycles. The van der Waals surface area contributed by atoms with E-state index in [0.717, 1.165) is 48.4 Å². The standard InChI is InChI=1S/C21H25N5OS/c1-15(2)26-12-16(10-23-26)11-25-9-3-4-20(25)21(27)24-18-7-5-17(6-8-18)19-13-28-14-22-19/h5-8,10,12-15,20H,3-4,9,11H2,1-2H3,(H,24,27). The highest BCUT2D eigenvalue weighted by Gasteiger charge is 2.31. The van der Waals surface area contributed by atoms with E-state index < -0.39 is 0 Å². The minimum atomic E-state index is -0.0967. The van der Waals surface area contributed by atoms with Gasteiger partial charge in [0.05, 0.1) is 23.4 Å². The summed E-state index contributed by atoms with van der Waals surface area (Å²) < 4.78 is 1.96. The Kier molecular flexibility index (Phi) is 5.54. The molecule has 3 aromatic rings. The Morgan fingerprint density at radius 1 is 1.32 bits per heavy atom. The van der Waals surface area contributed by atoms with Gasteiger partial charge in [0.15, 0.2) is 0 Å². The largest absolute Gasteiger partial charge is 0.325 e. The Bertz CT molecular complexity index is 917. The van der Waals surface area contributed by atoms with Crippen molar-refractivity contribution in [2.24, 2.45) is 0 Å². The summed E-state index contributed by atoms with van der Waals surface area (Å²) in [5, 5.41) is 9.51. The van der Waals surface area contributed by atoms with Crippen LogP contribution in [0, 0.1) is 0 Å². The van der Waals surface area contributed by atoms with Crippen molar-refractivity contribution in [2.45, 2.75) is 45.3 Å². The van der Waals surface area contributed by atoms with E-state index in [9.17, 15) is 4.79 Å². The number of nitrogens with one attached hydrogen (secondary N) is 1. The number of nitrogens with zero attached hydrogens (tertiary/aromatic N) is 4. The SMILES string of the molecule is CC(C)n1cc(CN2CCCC2C(=O)Nc2ccc(-c3cscn3)cc2)cn1. The third kappa shape index (κ3) is 4.15. The molecule has 0 radical (unpaired) electrons. The average molecular weight is 396 g/mol. The Balaban J connectivity index is 1.39. The van der Waals surface area contributed by atoms with Crippen LogP contribution >= 0.6 is 11.3 Å². The third-order valence-corrected chi connectivity index (χ3v) is 5.70. The average Bonchev–Trinajstić information content (AvgIpc) is 3.44. The van der Waals surface area contributed by atoms with Crippen molar-refractivity contribution in [3.8, 4) is 11.3 Å². The highest BCUT2D eigenvalue weighted by Crippen LogP contribution is 2.24. The van der Waals surface area contributed by atoms with Crippen molar-refractivity contribution >= 4 is 22.9 Å². The first-order valence-electron chi connectivity index (χ1n) is 9.67. The molecule has 7 heteroatoms. The summed E-state index contributed by atoms with van der Waals surface area (Å²) in [6.45, 7) is 5.92.